The molecular formula is C30H33BrClN3O4. The summed E-state index contributed by atoms with van der Waals surface area (Å²) in [5, 5.41) is 0.227. The molecule has 0 aliphatic heterocycles. The first-order chi connectivity index (χ1) is 18.8. The van der Waals surface area contributed by atoms with Gasteiger partial charge in [0.25, 0.3) is 5.91 Å². The summed E-state index contributed by atoms with van der Waals surface area (Å²) < 4.78 is 19.5. The third-order valence-corrected chi connectivity index (χ3v) is 7.50. The van der Waals surface area contributed by atoms with Crippen molar-refractivity contribution >= 4 is 39.1 Å². The molecule has 0 aliphatic carbocycles. The topological polar surface area (TPSA) is 65.3 Å². The number of aromatic nitrogens is 2. The number of pyridine rings is 1. The Morgan fingerprint density at radius 1 is 1.05 bits per heavy atom. The van der Waals surface area contributed by atoms with Crippen molar-refractivity contribution in [2.24, 2.45) is 5.92 Å². The second kappa shape index (κ2) is 12.7. The van der Waals surface area contributed by atoms with E-state index in [-0.39, 0.29) is 10.9 Å². The number of hydrogen-bond donors (Lipinski definition) is 0. The second-order valence-corrected chi connectivity index (χ2v) is 10.9. The minimum absolute atomic E-state index is 0.190. The normalized spacial score (nSPS) is 11.2. The molecule has 0 saturated carbocycles. The Balaban J connectivity index is 1.77. The number of benzene rings is 2. The zero-order valence-electron chi connectivity index (χ0n) is 22.8. The average molecular weight is 615 g/mol. The zero-order valence-corrected chi connectivity index (χ0v) is 25.2. The van der Waals surface area contributed by atoms with Crippen LogP contribution in [0.2, 0.25) is 5.02 Å². The van der Waals surface area contributed by atoms with Crippen molar-refractivity contribution in [3.8, 4) is 17.2 Å². The number of halogens is 2. The van der Waals surface area contributed by atoms with Gasteiger partial charge in [-0.2, -0.15) is 0 Å². The predicted octanol–water partition coefficient (Wildman–Crippen LogP) is 7.06. The first-order valence-electron chi connectivity index (χ1n) is 12.7. The molecule has 0 fully saturated rings. The van der Waals surface area contributed by atoms with Gasteiger partial charge in [0.15, 0.2) is 11.5 Å². The summed E-state index contributed by atoms with van der Waals surface area (Å²) in [7, 11) is 4.71. The number of carbonyl (C=O) groups is 1. The van der Waals surface area contributed by atoms with Crippen LogP contribution >= 0.6 is 27.5 Å². The van der Waals surface area contributed by atoms with E-state index < -0.39 is 0 Å². The highest BCUT2D eigenvalue weighted by atomic mass is 79.9. The van der Waals surface area contributed by atoms with Gasteiger partial charge in [-0.05, 0) is 54.8 Å². The summed E-state index contributed by atoms with van der Waals surface area (Å²) in [6.45, 7) is 5.15. The number of amides is 1. The van der Waals surface area contributed by atoms with E-state index in [9.17, 15) is 4.79 Å². The fraction of sp³-hybridized carbons (Fsp3) is 0.333. The Hall–Kier alpha value is -3.23. The molecule has 4 rings (SSSR count). The fourth-order valence-corrected chi connectivity index (χ4v) is 5.27. The lowest BCUT2D eigenvalue weighted by Crippen LogP contribution is -2.33. The summed E-state index contributed by atoms with van der Waals surface area (Å²) in [5.41, 5.74) is 4.00. The molecule has 206 valence electrons. The Kier molecular flexibility index (Phi) is 9.40. The van der Waals surface area contributed by atoms with Gasteiger partial charge < -0.3 is 23.5 Å². The molecule has 0 bridgehead atoms. The highest BCUT2D eigenvalue weighted by Gasteiger charge is 2.25. The number of carbonyl (C=O) groups excluding carboxylic acids is 1. The summed E-state index contributed by atoms with van der Waals surface area (Å²) in [6.07, 6.45) is 3.41. The lowest BCUT2D eigenvalue weighted by molar-refractivity contribution is 0.0733. The number of hydrogen-bond acceptors (Lipinski definition) is 5. The Bertz CT molecular complexity index is 1470. The molecule has 0 spiro atoms. The highest BCUT2D eigenvalue weighted by molar-refractivity contribution is 9.10. The van der Waals surface area contributed by atoms with Crippen molar-refractivity contribution in [2.45, 2.75) is 33.2 Å². The van der Waals surface area contributed by atoms with E-state index >= 15 is 0 Å². The first-order valence-corrected chi connectivity index (χ1v) is 13.9. The number of rotatable bonds is 11. The third kappa shape index (κ3) is 6.34. The maximum Gasteiger partial charge on any atom is 0.255 e. The monoisotopic (exact) mass is 613 g/mol. The highest BCUT2D eigenvalue weighted by Crippen LogP contribution is 2.38. The van der Waals surface area contributed by atoms with Gasteiger partial charge in [-0.1, -0.05) is 47.4 Å². The molecule has 1 amide bonds. The molecule has 2 heterocycles. The van der Waals surface area contributed by atoms with Crippen LogP contribution in [0.15, 0.2) is 59.2 Å². The third-order valence-electron chi connectivity index (χ3n) is 6.63. The molecule has 7 nitrogen and oxygen atoms in total. The van der Waals surface area contributed by atoms with Gasteiger partial charge in [0.05, 0.1) is 49.8 Å². The van der Waals surface area contributed by atoms with E-state index in [1.54, 1.807) is 19.2 Å². The molecule has 39 heavy (non-hydrogen) atoms. The predicted molar refractivity (Wildman–Crippen MR) is 157 cm³/mol. The summed E-state index contributed by atoms with van der Waals surface area (Å²) in [4.78, 5) is 20.7. The Morgan fingerprint density at radius 2 is 1.79 bits per heavy atom. The molecule has 0 aliphatic rings. The van der Waals surface area contributed by atoms with Crippen molar-refractivity contribution in [1.29, 1.82) is 0 Å². The van der Waals surface area contributed by atoms with Crippen LogP contribution in [0.4, 0.5) is 0 Å². The molecule has 0 unspecified atom stereocenters. The molecule has 0 N–H and O–H groups in total. The van der Waals surface area contributed by atoms with Crippen LogP contribution in [0.3, 0.4) is 0 Å². The molecular weight excluding hydrogens is 582 g/mol. The van der Waals surface area contributed by atoms with E-state index in [4.69, 9.17) is 30.8 Å². The lowest BCUT2D eigenvalue weighted by atomic mass is 10.1. The number of fused-ring (bicyclic) bond motifs is 1. The molecule has 9 heteroatoms. The van der Waals surface area contributed by atoms with Gasteiger partial charge in [-0.15, -0.1) is 0 Å². The number of ether oxygens (including phenoxy) is 3. The Labute approximate surface area is 242 Å². The summed E-state index contributed by atoms with van der Waals surface area (Å²) >= 11 is 10.2. The maximum absolute atomic E-state index is 14.0. The number of nitrogens with zero attached hydrogens (tertiary/aromatic N) is 3. The minimum atomic E-state index is -0.190. The van der Waals surface area contributed by atoms with Gasteiger partial charge in [0, 0.05) is 29.2 Å². The van der Waals surface area contributed by atoms with Gasteiger partial charge in [-0.3, -0.25) is 4.79 Å². The van der Waals surface area contributed by atoms with E-state index in [1.807, 2.05) is 41.4 Å². The van der Waals surface area contributed by atoms with Crippen LogP contribution in [0.5, 0.6) is 17.2 Å². The van der Waals surface area contributed by atoms with Crippen molar-refractivity contribution in [1.82, 2.24) is 14.3 Å². The standard InChI is InChI=1S/C30H33BrClN3O4/c1-19(2)13-15-34(30(36)22-10-12-26(38-4)29(39-5)28(22)32)18-23-24(35-14-7-6-8-27(35)33-23)17-20-16-21(31)9-11-25(20)37-3/h6-12,14,16,19H,13,15,17-18H2,1-5H3. The number of methoxy groups -OCH3 is 3. The van der Waals surface area contributed by atoms with Crippen molar-refractivity contribution in [2.75, 3.05) is 27.9 Å². The van der Waals surface area contributed by atoms with Gasteiger partial charge >= 0.3 is 0 Å². The average Bonchev–Trinajstić information content (AvgIpc) is 3.27. The molecule has 0 radical (unpaired) electrons. The SMILES string of the molecule is COc1ccc(Br)cc1Cc1c(CN(CCC(C)C)C(=O)c2ccc(OC)c(OC)c2Cl)nc2ccccn12. The molecule has 2 aromatic carbocycles. The Morgan fingerprint density at radius 3 is 2.49 bits per heavy atom. The van der Waals surface area contributed by atoms with Crippen LogP contribution in [0.1, 0.15) is 47.6 Å². The van der Waals surface area contributed by atoms with Crippen molar-refractivity contribution < 1.29 is 19.0 Å². The number of imidazole rings is 1. The minimum Gasteiger partial charge on any atom is -0.496 e. The van der Waals surface area contributed by atoms with Crippen molar-refractivity contribution in [3.63, 3.8) is 0 Å². The zero-order chi connectivity index (χ0) is 28.1. The van der Waals surface area contributed by atoms with E-state index in [1.165, 1.54) is 14.2 Å². The summed E-state index contributed by atoms with van der Waals surface area (Å²) in [5.74, 6) is 1.82. The second-order valence-electron chi connectivity index (χ2n) is 9.64. The van der Waals surface area contributed by atoms with Crippen LogP contribution in [0.25, 0.3) is 5.65 Å². The van der Waals surface area contributed by atoms with Crippen LogP contribution in [-0.2, 0) is 13.0 Å². The van der Waals surface area contributed by atoms with Gasteiger partial charge in [0.1, 0.15) is 11.4 Å². The lowest BCUT2D eigenvalue weighted by Gasteiger charge is -2.25. The fourth-order valence-electron chi connectivity index (χ4n) is 4.55. The van der Waals surface area contributed by atoms with Crippen molar-refractivity contribution in [3.05, 3.63) is 86.7 Å². The van der Waals surface area contributed by atoms with E-state index in [0.717, 1.165) is 39.2 Å². The van der Waals surface area contributed by atoms with Gasteiger partial charge in [-0.25, -0.2) is 4.98 Å². The molecule has 0 atom stereocenters. The molecule has 2 aromatic heterocycles. The van der Waals surface area contributed by atoms with Crippen LogP contribution in [0, 0.1) is 5.92 Å². The van der Waals surface area contributed by atoms with Crippen LogP contribution < -0.4 is 14.2 Å². The smallest absolute Gasteiger partial charge is 0.255 e. The quantitative estimate of drug-likeness (QED) is 0.181. The first kappa shape index (κ1) is 28.8. The van der Waals surface area contributed by atoms with Crippen LogP contribution in [-0.4, -0.2) is 48.1 Å². The molecule has 4 aromatic rings. The van der Waals surface area contributed by atoms with Gasteiger partial charge in [0.2, 0.25) is 0 Å². The maximum atomic E-state index is 14.0. The van der Waals surface area contributed by atoms with E-state index in [2.05, 4.69) is 40.2 Å². The largest absolute Gasteiger partial charge is 0.496 e. The van der Waals surface area contributed by atoms with E-state index in [0.29, 0.717) is 42.5 Å². The summed E-state index contributed by atoms with van der Waals surface area (Å²) in [6, 6.07) is 15.2. The molecule has 0 saturated heterocycles.